The molecule has 2 atom stereocenters. The molecule has 0 aliphatic carbocycles. The second-order valence-corrected chi connectivity index (χ2v) is 11.7. The Morgan fingerprint density at radius 3 is 2.13 bits per heavy atom. The Bertz CT molecular complexity index is 1140. The summed E-state index contributed by atoms with van der Waals surface area (Å²) in [5.41, 5.74) is 1.27. The highest BCUT2D eigenvalue weighted by atomic mass is 35.5. The quantitative estimate of drug-likeness (QED) is 0.306. The molecule has 0 radical (unpaired) electrons. The molecule has 7 nitrogen and oxygen atoms in total. The van der Waals surface area contributed by atoms with Crippen molar-refractivity contribution in [3.63, 3.8) is 0 Å². The van der Waals surface area contributed by atoms with Crippen molar-refractivity contribution < 1.29 is 19.1 Å². The van der Waals surface area contributed by atoms with E-state index in [4.69, 9.17) is 16.3 Å². The first kappa shape index (κ1) is 31.5. The van der Waals surface area contributed by atoms with Crippen LogP contribution in [0.4, 0.5) is 10.5 Å². The zero-order chi connectivity index (χ0) is 28.8. The first-order valence-corrected chi connectivity index (χ1v) is 13.7. The molecule has 2 aromatic carbocycles. The maximum atomic E-state index is 14.2. The molecule has 0 aliphatic heterocycles. The number of hydrogen-bond acceptors (Lipinski definition) is 5. The lowest BCUT2D eigenvalue weighted by molar-refractivity contribution is -0.147. The molecule has 0 aromatic heterocycles. The van der Waals surface area contributed by atoms with Crippen LogP contribution in [0, 0.1) is 13.8 Å². The van der Waals surface area contributed by atoms with Crippen LogP contribution in [0.1, 0.15) is 70.7 Å². The number of nitrogens with one attached hydrogen (secondary N) is 2. The van der Waals surface area contributed by atoms with E-state index in [1.54, 1.807) is 31.7 Å². The predicted molar refractivity (Wildman–Crippen MR) is 157 cm³/mol. The second kappa shape index (κ2) is 12.9. The van der Waals surface area contributed by atoms with E-state index in [-0.39, 0.29) is 5.75 Å². The number of alkyl carbamates (subject to hydrolysis) is 1. The third kappa shape index (κ3) is 7.90. The van der Waals surface area contributed by atoms with Crippen LogP contribution in [0.3, 0.4) is 0 Å². The number of rotatable bonds is 9. The number of amides is 3. The third-order valence-corrected chi connectivity index (χ3v) is 7.07. The molecule has 2 rings (SSSR count). The predicted octanol–water partition coefficient (Wildman–Crippen LogP) is 6.48. The molecular formula is C29H40ClN3O4S. The maximum absolute atomic E-state index is 14.2. The summed E-state index contributed by atoms with van der Waals surface area (Å²) in [6.45, 7) is 14.7. The zero-order valence-electron chi connectivity index (χ0n) is 23.5. The van der Waals surface area contributed by atoms with Gasteiger partial charge in [-0.15, -0.1) is 0 Å². The van der Waals surface area contributed by atoms with Gasteiger partial charge in [-0.2, -0.15) is 12.6 Å². The van der Waals surface area contributed by atoms with E-state index in [1.807, 2.05) is 71.0 Å². The highest BCUT2D eigenvalue weighted by Crippen LogP contribution is 2.35. The summed E-state index contributed by atoms with van der Waals surface area (Å²) >= 11 is 10.8. The summed E-state index contributed by atoms with van der Waals surface area (Å²) in [4.78, 5) is 42.4. The minimum absolute atomic E-state index is 0.0140. The van der Waals surface area contributed by atoms with Gasteiger partial charge in [0.1, 0.15) is 17.7 Å². The molecular weight excluding hydrogens is 522 g/mol. The van der Waals surface area contributed by atoms with E-state index in [2.05, 4.69) is 23.3 Å². The highest BCUT2D eigenvalue weighted by Gasteiger charge is 2.43. The lowest BCUT2D eigenvalue weighted by Gasteiger charge is -2.44. The molecule has 0 saturated heterocycles. The number of hydrogen-bond donors (Lipinski definition) is 3. The number of thiol groups is 1. The first-order chi connectivity index (χ1) is 17.6. The van der Waals surface area contributed by atoms with Gasteiger partial charge in [0.15, 0.2) is 0 Å². The highest BCUT2D eigenvalue weighted by molar-refractivity contribution is 7.80. The van der Waals surface area contributed by atoms with Crippen molar-refractivity contribution in [2.75, 3.05) is 11.1 Å². The van der Waals surface area contributed by atoms with Crippen LogP contribution in [0.15, 0.2) is 42.5 Å². The lowest BCUT2D eigenvalue weighted by atomic mass is 9.90. The molecule has 0 bridgehead atoms. The lowest BCUT2D eigenvalue weighted by Crippen LogP contribution is -2.59. The van der Waals surface area contributed by atoms with Crippen molar-refractivity contribution in [2.45, 2.75) is 85.0 Å². The third-order valence-electron chi connectivity index (χ3n) is 6.39. The van der Waals surface area contributed by atoms with Crippen LogP contribution in [-0.4, -0.2) is 45.7 Å². The standard InChI is InChI=1S/C29H40ClN3O4S/c1-9-29(7,8)33(26(35)22(17-38)31-27(36)37-28(4,5)6)24(20-15-11-10-13-18(20)2)25(34)32-23-19(3)14-12-16-21(23)30/h10-16,22,24,38H,9,17H2,1-8H3,(H,31,36)(H,32,34). The topological polar surface area (TPSA) is 87.7 Å². The monoisotopic (exact) mass is 561 g/mol. The smallest absolute Gasteiger partial charge is 0.408 e. The fourth-order valence-corrected chi connectivity index (χ4v) is 4.54. The van der Waals surface area contributed by atoms with Crippen molar-refractivity contribution in [1.82, 2.24) is 10.2 Å². The Morgan fingerprint density at radius 1 is 1.00 bits per heavy atom. The van der Waals surface area contributed by atoms with E-state index < -0.39 is 41.1 Å². The van der Waals surface area contributed by atoms with Crippen LogP contribution < -0.4 is 10.6 Å². The van der Waals surface area contributed by atoms with E-state index in [9.17, 15) is 14.4 Å². The Balaban J connectivity index is 2.64. The fourth-order valence-electron chi connectivity index (χ4n) is 4.02. The van der Waals surface area contributed by atoms with Crippen LogP contribution in [0.25, 0.3) is 0 Å². The van der Waals surface area contributed by atoms with E-state index in [0.29, 0.717) is 22.7 Å². The van der Waals surface area contributed by atoms with Crippen molar-refractivity contribution in [3.8, 4) is 0 Å². The Morgan fingerprint density at radius 2 is 1.61 bits per heavy atom. The number of carbonyl (C=O) groups is 3. The van der Waals surface area contributed by atoms with Crippen LogP contribution in [-0.2, 0) is 14.3 Å². The average Bonchev–Trinajstić information content (AvgIpc) is 2.82. The Hall–Kier alpha value is -2.71. The first-order valence-electron chi connectivity index (χ1n) is 12.7. The van der Waals surface area contributed by atoms with Crippen LogP contribution in [0.5, 0.6) is 0 Å². The van der Waals surface area contributed by atoms with E-state index in [1.165, 1.54) is 0 Å². The largest absolute Gasteiger partial charge is 0.444 e. The Labute approximate surface area is 237 Å². The number of halogens is 1. The SMILES string of the molecule is CCC(C)(C)N(C(=O)C(CS)NC(=O)OC(C)(C)C)C(C(=O)Nc1c(C)cccc1Cl)c1ccccc1C. The summed E-state index contributed by atoms with van der Waals surface area (Å²) in [5.74, 6) is -0.849. The van der Waals surface area contributed by atoms with Gasteiger partial charge < -0.3 is 20.3 Å². The van der Waals surface area contributed by atoms with E-state index >= 15 is 0 Å². The molecule has 3 amide bonds. The molecule has 0 aliphatic rings. The van der Waals surface area contributed by atoms with Gasteiger partial charge in [0.2, 0.25) is 5.91 Å². The number of ether oxygens (including phenoxy) is 1. The number of carbonyl (C=O) groups excluding carboxylic acids is 3. The van der Waals surface area contributed by atoms with Crippen LogP contribution in [0.2, 0.25) is 5.02 Å². The number of nitrogens with zero attached hydrogens (tertiary/aromatic N) is 1. The molecule has 38 heavy (non-hydrogen) atoms. The molecule has 208 valence electrons. The minimum Gasteiger partial charge on any atom is -0.444 e. The fraction of sp³-hybridized carbons (Fsp3) is 0.483. The normalized spacial score (nSPS) is 13.3. The van der Waals surface area contributed by atoms with Crippen molar-refractivity contribution in [3.05, 3.63) is 64.2 Å². The minimum atomic E-state index is -1.03. The molecule has 9 heteroatoms. The second-order valence-electron chi connectivity index (χ2n) is 10.9. The van der Waals surface area contributed by atoms with Crippen molar-refractivity contribution in [2.24, 2.45) is 0 Å². The summed E-state index contributed by atoms with van der Waals surface area (Å²) in [6, 6.07) is 10.8. The molecule has 2 N–H and O–H groups in total. The summed E-state index contributed by atoms with van der Waals surface area (Å²) in [5, 5.41) is 6.01. The zero-order valence-corrected chi connectivity index (χ0v) is 25.2. The molecule has 2 unspecified atom stereocenters. The van der Waals surface area contributed by atoms with Gasteiger partial charge in [0.05, 0.1) is 10.7 Å². The molecule has 0 heterocycles. The average molecular weight is 562 g/mol. The van der Waals surface area contributed by atoms with Crippen LogP contribution >= 0.6 is 24.2 Å². The molecule has 0 spiro atoms. The molecule has 0 fully saturated rings. The van der Waals surface area contributed by atoms with Gasteiger partial charge in [-0.25, -0.2) is 4.79 Å². The number of aryl methyl sites for hydroxylation is 2. The summed E-state index contributed by atoms with van der Waals surface area (Å²) in [7, 11) is 0. The summed E-state index contributed by atoms with van der Waals surface area (Å²) < 4.78 is 5.38. The number of anilines is 1. The number of para-hydroxylation sites is 1. The van der Waals surface area contributed by atoms with Gasteiger partial charge >= 0.3 is 6.09 Å². The summed E-state index contributed by atoms with van der Waals surface area (Å²) in [6.07, 6.45) is -0.187. The maximum Gasteiger partial charge on any atom is 0.408 e. The van der Waals surface area contributed by atoms with Gasteiger partial charge in [-0.3, -0.25) is 9.59 Å². The van der Waals surface area contributed by atoms with Gasteiger partial charge in [-0.05, 0) is 77.6 Å². The molecule has 0 saturated carbocycles. The van der Waals surface area contributed by atoms with Crippen molar-refractivity contribution in [1.29, 1.82) is 0 Å². The van der Waals surface area contributed by atoms with Gasteiger partial charge in [0.25, 0.3) is 5.91 Å². The van der Waals surface area contributed by atoms with Crippen molar-refractivity contribution >= 4 is 47.8 Å². The van der Waals surface area contributed by atoms with E-state index in [0.717, 1.165) is 11.1 Å². The number of benzene rings is 2. The van der Waals surface area contributed by atoms with Gasteiger partial charge in [-0.1, -0.05) is 54.9 Å². The molecule has 2 aromatic rings. The van der Waals surface area contributed by atoms with Gasteiger partial charge in [0, 0.05) is 11.3 Å². The Kier molecular flexibility index (Phi) is 10.7.